The fourth-order valence-corrected chi connectivity index (χ4v) is 1.74. The van der Waals surface area contributed by atoms with Crippen molar-refractivity contribution in [2.24, 2.45) is 5.73 Å². The highest BCUT2D eigenvalue weighted by Gasteiger charge is 2.05. The largest absolute Gasteiger partial charge is 0.438 e. The van der Waals surface area contributed by atoms with Crippen LogP contribution in [0.5, 0.6) is 0 Å². The standard InChI is InChI=1S/C12H12N2OS/c1-2-7-3-4-10-8(5-7)6-9(12(14)16)11(13)15-10/h3-6,13H,2H2,1H3,(H2,14,16). The van der Waals surface area contributed by atoms with E-state index in [1.165, 1.54) is 5.56 Å². The lowest BCUT2D eigenvalue weighted by Gasteiger charge is -2.03. The summed E-state index contributed by atoms with van der Waals surface area (Å²) < 4.78 is 5.35. The summed E-state index contributed by atoms with van der Waals surface area (Å²) in [6.45, 7) is 2.09. The van der Waals surface area contributed by atoms with E-state index in [0.717, 1.165) is 11.8 Å². The van der Waals surface area contributed by atoms with Crippen molar-refractivity contribution < 1.29 is 4.42 Å². The first kappa shape index (κ1) is 10.8. The number of benzene rings is 1. The van der Waals surface area contributed by atoms with Crippen molar-refractivity contribution in [3.63, 3.8) is 0 Å². The first-order valence-corrected chi connectivity index (χ1v) is 5.44. The molecule has 0 spiro atoms. The highest BCUT2D eigenvalue weighted by molar-refractivity contribution is 7.80. The number of thiocarbonyl (C=S) groups is 1. The fraction of sp³-hybridized carbons (Fsp3) is 0.167. The fourth-order valence-electron chi connectivity index (χ4n) is 1.59. The Morgan fingerprint density at radius 1 is 1.44 bits per heavy atom. The quantitative estimate of drug-likeness (QED) is 0.779. The van der Waals surface area contributed by atoms with Crippen LogP contribution in [0, 0.1) is 5.41 Å². The van der Waals surface area contributed by atoms with E-state index >= 15 is 0 Å². The number of nitrogens with one attached hydrogen (secondary N) is 1. The summed E-state index contributed by atoms with van der Waals surface area (Å²) in [6, 6.07) is 7.70. The van der Waals surface area contributed by atoms with Gasteiger partial charge < -0.3 is 10.2 Å². The molecule has 0 unspecified atom stereocenters. The van der Waals surface area contributed by atoms with Gasteiger partial charge in [-0.25, -0.2) is 0 Å². The van der Waals surface area contributed by atoms with Crippen LogP contribution in [-0.2, 0) is 6.42 Å². The average Bonchev–Trinajstić information content (AvgIpc) is 2.27. The maximum atomic E-state index is 7.65. The predicted octanol–water partition coefficient (Wildman–Crippen LogP) is 2.11. The number of hydrogen-bond donors (Lipinski definition) is 2. The topological polar surface area (TPSA) is 63.0 Å². The van der Waals surface area contributed by atoms with Gasteiger partial charge >= 0.3 is 0 Å². The van der Waals surface area contributed by atoms with E-state index in [1.807, 2.05) is 24.3 Å². The Labute approximate surface area is 98.4 Å². The molecule has 0 saturated heterocycles. The first-order chi connectivity index (χ1) is 7.61. The van der Waals surface area contributed by atoms with Gasteiger partial charge in [0.1, 0.15) is 10.6 Å². The molecule has 3 nitrogen and oxygen atoms in total. The molecular weight excluding hydrogens is 220 g/mol. The Kier molecular flexibility index (Phi) is 2.75. The minimum absolute atomic E-state index is 0.0178. The number of rotatable bonds is 2. The SMILES string of the molecule is CCc1ccc2oc(=N)c(C(N)=S)cc2c1. The minimum atomic E-state index is 0.0178. The molecule has 1 heterocycles. The molecule has 4 heteroatoms. The normalized spacial score (nSPS) is 10.6. The Hall–Kier alpha value is -1.68. The van der Waals surface area contributed by atoms with Crippen molar-refractivity contribution in [2.75, 3.05) is 0 Å². The van der Waals surface area contributed by atoms with E-state index in [1.54, 1.807) is 0 Å². The van der Waals surface area contributed by atoms with Crippen molar-refractivity contribution >= 4 is 28.2 Å². The molecule has 0 radical (unpaired) electrons. The van der Waals surface area contributed by atoms with Crippen molar-refractivity contribution in [3.05, 3.63) is 40.9 Å². The lowest BCUT2D eigenvalue weighted by atomic mass is 10.1. The van der Waals surface area contributed by atoms with Gasteiger partial charge in [-0.15, -0.1) is 0 Å². The van der Waals surface area contributed by atoms with Crippen LogP contribution in [-0.4, -0.2) is 4.99 Å². The third-order valence-electron chi connectivity index (χ3n) is 2.50. The third-order valence-corrected chi connectivity index (χ3v) is 2.72. The van der Waals surface area contributed by atoms with Crippen LogP contribution in [0.3, 0.4) is 0 Å². The Morgan fingerprint density at radius 3 is 2.81 bits per heavy atom. The van der Waals surface area contributed by atoms with Crippen molar-refractivity contribution in [1.29, 1.82) is 5.41 Å². The van der Waals surface area contributed by atoms with Crippen molar-refractivity contribution in [2.45, 2.75) is 13.3 Å². The van der Waals surface area contributed by atoms with E-state index in [2.05, 4.69) is 6.92 Å². The second-order valence-corrected chi connectivity index (χ2v) is 4.02. The van der Waals surface area contributed by atoms with Crippen LogP contribution in [0.2, 0.25) is 0 Å². The number of hydrogen-bond acceptors (Lipinski definition) is 3. The third kappa shape index (κ3) is 1.84. The first-order valence-electron chi connectivity index (χ1n) is 5.03. The smallest absolute Gasteiger partial charge is 0.222 e. The zero-order valence-electron chi connectivity index (χ0n) is 8.91. The molecule has 0 atom stereocenters. The van der Waals surface area contributed by atoms with E-state index < -0.39 is 0 Å². The van der Waals surface area contributed by atoms with Gasteiger partial charge in [0, 0.05) is 5.39 Å². The Balaban J connectivity index is 2.75. The van der Waals surface area contributed by atoms with E-state index in [-0.39, 0.29) is 10.5 Å². The molecule has 0 saturated carbocycles. The number of aryl methyl sites for hydroxylation is 1. The van der Waals surface area contributed by atoms with Gasteiger partial charge in [-0.2, -0.15) is 0 Å². The molecule has 16 heavy (non-hydrogen) atoms. The maximum absolute atomic E-state index is 7.65. The van der Waals surface area contributed by atoms with Crippen molar-refractivity contribution in [3.8, 4) is 0 Å². The van der Waals surface area contributed by atoms with Crippen LogP contribution in [0.25, 0.3) is 11.0 Å². The molecule has 2 rings (SSSR count). The summed E-state index contributed by atoms with van der Waals surface area (Å²) in [4.78, 5) is 0.192. The highest BCUT2D eigenvalue weighted by atomic mass is 32.1. The molecule has 0 aliphatic rings. The molecule has 1 aromatic heterocycles. The van der Waals surface area contributed by atoms with Crippen LogP contribution in [0.4, 0.5) is 0 Å². The molecule has 2 aromatic rings. The minimum Gasteiger partial charge on any atom is -0.438 e. The monoisotopic (exact) mass is 232 g/mol. The average molecular weight is 232 g/mol. The van der Waals surface area contributed by atoms with Gasteiger partial charge in [0.25, 0.3) is 0 Å². The Bertz CT molecular complexity index is 616. The summed E-state index contributed by atoms with van der Waals surface area (Å²) in [6.07, 6.45) is 0.959. The molecule has 0 bridgehead atoms. The summed E-state index contributed by atoms with van der Waals surface area (Å²) in [5, 5.41) is 8.58. The summed E-state index contributed by atoms with van der Waals surface area (Å²) in [7, 11) is 0. The highest BCUT2D eigenvalue weighted by Crippen LogP contribution is 2.16. The van der Waals surface area contributed by atoms with Crippen LogP contribution in [0.1, 0.15) is 18.1 Å². The van der Waals surface area contributed by atoms with Gasteiger partial charge in [0.05, 0.1) is 5.56 Å². The molecule has 82 valence electrons. The lowest BCUT2D eigenvalue weighted by Crippen LogP contribution is -2.19. The van der Waals surface area contributed by atoms with Crippen LogP contribution in [0.15, 0.2) is 28.7 Å². The molecule has 1 aromatic carbocycles. The van der Waals surface area contributed by atoms with Gasteiger partial charge in [-0.05, 0) is 30.2 Å². The van der Waals surface area contributed by atoms with Crippen molar-refractivity contribution in [1.82, 2.24) is 0 Å². The second-order valence-electron chi connectivity index (χ2n) is 3.58. The number of nitrogens with two attached hydrogens (primary N) is 1. The zero-order chi connectivity index (χ0) is 11.7. The molecule has 0 fully saturated rings. The molecule has 3 N–H and O–H groups in total. The van der Waals surface area contributed by atoms with E-state index in [0.29, 0.717) is 11.1 Å². The summed E-state index contributed by atoms with van der Waals surface area (Å²) in [5.74, 6) is 0. The lowest BCUT2D eigenvalue weighted by molar-refractivity contribution is 0.531. The molecule has 0 aliphatic heterocycles. The van der Waals surface area contributed by atoms with Crippen LogP contribution >= 0.6 is 12.2 Å². The zero-order valence-corrected chi connectivity index (χ0v) is 9.73. The van der Waals surface area contributed by atoms with E-state index in [4.69, 9.17) is 27.8 Å². The van der Waals surface area contributed by atoms with E-state index in [9.17, 15) is 0 Å². The summed E-state index contributed by atoms with van der Waals surface area (Å²) >= 11 is 4.87. The maximum Gasteiger partial charge on any atom is 0.222 e. The predicted molar refractivity (Wildman–Crippen MR) is 67.3 cm³/mol. The Morgan fingerprint density at radius 2 is 2.19 bits per heavy atom. The van der Waals surface area contributed by atoms with Gasteiger partial charge in [-0.3, -0.25) is 5.41 Å². The van der Waals surface area contributed by atoms with Gasteiger partial charge in [-0.1, -0.05) is 25.2 Å². The van der Waals surface area contributed by atoms with Gasteiger partial charge in [0.2, 0.25) is 5.55 Å². The molecule has 0 aliphatic carbocycles. The second kappa shape index (κ2) is 4.06. The van der Waals surface area contributed by atoms with Crippen LogP contribution < -0.4 is 11.3 Å². The summed E-state index contributed by atoms with van der Waals surface area (Å²) in [5.41, 5.74) is 7.93. The molecule has 0 amide bonds. The number of fused-ring (bicyclic) bond motifs is 1. The van der Waals surface area contributed by atoms with Gasteiger partial charge in [0.15, 0.2) is 0 Å². The molecular formula is C12H12N2OS.